The number of nitrogens with one attached hydrogen (secondary N) is 1. The fourth-order valence-electron chi connectivity index (χ4n) is 2.09. The number of hydrogen-bond donors (Lipinski definition) is 3. The van der Waals surface area contributed by atoms with Crippen molar-refractivity contribution in [1.82, 2.24) is 4.98 Å². The Labute approximate surface area is 128 Å². The van der Waals surface area contributed by atoms with E-state index in [1.807, 2.05) is 19.9 Å². The van der Waals surface area contributed by atoms with E-state index in [0.29, 0.717) is 11.4 Å². The van der Waals surface area contributed by atoms with Gasteiger partial charge in [-0.1, -0.05) is 12.2 Å². The van der Waals surface area contributed by atoms with E-state index in [9.17, 15) is 4.79 Å². The van der Waals surface area contributed by atoms with Gasteiger partial charge >= 0.3 is 0 Å². The Bertz CT molecular complexity index is 710. The molecule has 1 heterocycles. The number of anilines is 2. The molecule has 2 aromatic rings. The molecule has 2 rings (SSSR count). The number of nitrogens with zero attached hydrogens (tertiary/aromatic N) is 1. The van der Waals surface area contributed by atoms with Crippen molar-refractivity contribution < 1.29 is 4.79 Å². The molecular weight excluding hydrogens is 284 g/mol. The highest BCUT2D eigenvalue weighted by atomic mass is 32.1. The number of primary amides is 1. The van der Waals surface area contributed by atoms with Crippen molar-refractivity contribution in [1.29, 1.82) is 0 Å². The monoisotopic (exact) mass is 300 g/mol. The summed E-state index contributed by atoms with van der Waals surface area (Å²) in [6.07, 6.45) is 0. The molecule has 0 aliphatic heterocycles. The molecule has 1 aromatic heterocycles. The third-order valence-corrected chi connectivity index (χ3v) is 3.23. The summed E-state index contributed by atoms with van der Waals surface area (Å²) in [5, 5.41) is 3.17. The molecule has 0 saturated carbocycles. The first-order valence-electron chi connectivity index (χ1n) is 6.33. The predicted octanol–water partition coefficient (Wildman–Crippen LogP) is 2.18. The Hall–Kier alpha value is -2.47. The summed E-state index contributed by atoms with van der Waals surface area (Å²) >= 11 is 5.09. The topological polar surface area (TPSA) is 94.0 Å². The average molecular weight is 300 g/mol. The van der Waals surface area contributed by atoms with Crippen LogP contribution in [0.25, 0.3) is 0 Å². The molecule has 0 bridgehead atoms. The first-order chi connectivity index (χ1) is 9.88. The first-order valence-corrected chi connectivity index (χ1v) is 6.74. The highest BCUT2D eigenvalue weighted by molar-refractivity contribution is 7.80. The van der Waals surface area contributed by atoms with Gasteiger partial charge in [0.1, 0.15) is 10.8 Å². The number of carbonyl (C=O) groups excluding carboxylic acids is 1. The van der Waals surface area contributed by atoms with Gasteiger partial charge in [-0.25, -0.2) is 4.98 Å². The van der Waals surface area contributed by atoms with Gasteiger partial charge in [-0.2, -0.15) is 0 Å². The predicted molar refractivity (Wildman–Crippen MR) is 87.8 cm³/mol. The zero-order chi connectivity index (χ0) is 15.6. The Morgan fingerprint density at radius 3 is 2.33 bits per heavy atom. The van der Waals surface area contributed by atoms with Crippen molar-refractivity contribution in [2.45, 2.75) is 13.8 Å². The van der Waals surface area contributed by atoms with Gasteiger partial charge in [0.2, 0.25) is 5.91 Å². The van der Waals surface area contributed by atoms with Crippen LogP contribution >= 0.6 is 12.2 Å². The summed E-state index contributed by atoms with van der Waals surface area (Å²) in [5.74, 6) is 0.140. The van der Waals surface area contributed by atoms with Crippen molar-refractivity contribution in [3.8, 4) is 0 Å². The third-order valence-electron chi connectivity index (χ3n) is 3.02. The molecule has 5 nitrogen and oxygen atoms in total. The molecule has 108 valence electrons. The SMILES string of the molecule is Cc1cc(C)c(C(N)=S)c(Nc2ccc(C(N)=O)cc2)n1. The summed E-state index contributed by atoms with van der Waals surface area (Å²) < 4.78 is 0. The van der Waals surface area contributed by atoms with Crippen LogP contribution < -0.4 is 16.8 Å². The Morgan fingerprint density at radius 1 is 1.19 bits per heavy atom. The fraction of sp³-hybridized carbons (Fsp3) is 0.133. The molecule has 21 heavy (non-hydrogen) atoms. The normalized spacial score (nSPS) is 10.2. The lowest BCUT2D eigenvalue weighted by Gasteiger charge is -2.14. The quantitative estimate of drug-likeness (QED) is 0.752. The van der Waals surface area contributed by atoms with Gasteiger partial charge in [0.15, 0.2) is 0 Å². The van der Waals surface area contributed by atoms with Crippen LogP contribution in [-0.2, 0) is 0 Å². The molecule has 0 spiro atoms. The summed E-state index contributed by atoms with van der Waals surface area (Å²) in [4.78, 5) is 15.8. The molecule has 0 unspecified atom stereocenters. The van der Waals surface area contributed by atoms with Crippen LogP contribution in [-0.4, -0.2) is 15.9 Å². The zero-order valence-corrected chi connectivity index (χ0v) is 12.6. The fourth-order valence-corrected chi connectivity index (χ4v) is 2.35. The van der Waals surface area contributed by atoms with Crippen LogP contribution in [0.2, 0.25) is 0 Å². The van der Waals surface area contributed by atoms with Gasteiger partial charge in [0, 0.05) is 16.9 Å². The van der Waals surface area contributed by atoms with Crippen LogP contribution in [0.15, 0.2) is 30.3 Å². The number of amides is 1. The molecule has 6 heteroatoms. The summed E-state index contributed by atoms with van der Waals surface area (Å²) in [5.41, 5.74) is 14.8. The summed E-state index contributed by atoms with van der Waals surface area (Å²) in [6.45, 7) is 3.84. The van der Waals surface area contributed by atoms with Crippen LogP contribution in [0, 0.1) is 13.8 Å². The lowest BCUT2D eigenvalue weighted by Crippen LogP contribution is -2.15. The number of nitrogens with two attached hydrogens (primary N) is 2. The third kappa shape index (κ3) is 3.35. The second-order valence-electron chi connectivity index (χ2n) is 4.73. The van der Waals surface area contributed by atoms with Crippen molar-refractivity contribution >= 4 is 34.6 Å². The number of aryl methyl sites for hydroxylation is 2. The molecule has 0 atom stereocenters. The molecule has 0 aliphatic rings. The summed E-state index contributed by atoms with van der Waals surface area (Å²) in [6, 6.07) is 8.73. The maximum Gasteiger partial charge on any atom is 0.248 e. The van der Waals surface area contributed by atoms with Gasteiger partial charge in [-0.3, -0.25) is 4.79 Å². The number of thiocarbonyl (C=S) groups is 1. The molecular formula is C15H16N4OS. The molecule has 0 saturated heterocycles. The van der Waals surface area contributed by atoms with Gasteiger partial charge in [0.25, 0.3) is 0 Å². The second-order valence-corrected chi connectivity index (χ2v) is 5.17. The zero-order valence-electron chi connectivity index (χ0n) is 11.8. The average Bonchev–Trinajstić information content (AvgIpc) is 2.37. The number of aromatic nitrogens is 1. The molecule has 0 aliphatic carbocycles. The van der Waals surface area contributed by atoms with E-state index in [0.717, 1.165) is 22.5 Å². The van der Waals surface area contributed by atoms with E-state index in [-0.39, 0.29) is 4.99 Å². The second kappa shape index (κ2) is 5.88. The maximum atomic E-state index is 11.1. The number of carbonyl (C=O) groups is 1. The lowest BCUT2D eigenvalue weighted by atomic mass is 10.1. The van der Waals surface area contributed by atoms with Gasteiger partial charge < -0.3 is 16.8 Å². The number of pyridine rings is 1. The van der Waals surface area contributed by atoms with Gasteiger partial charge in [-0.15, -0.1) is 0 Å². The minimum atomic E-state index is -0.463. The number of rotatable bonds is 4. The minimum absolute atomic E-state index is 0.288. The highest BCUT2D eigenvalue weighted by Crippen LogP contribution is 2.23. The molecule has 5 N–H and O–H groups in total. The highest BCUT2D eigenvalue weighted by Gasteiger charge is 2.12. The van der Waals surface area contributed by atoms with Crippen LogP contribution in [0.5, 0.6) is 0 Å². The largest absolute Gasteiger partial charge is 0.389 e. The van der Waals surface area contributed by atoms with E-state index in [2.05, 4.69) is 10.3 Å². The summed E-state index contributed by atoms with van der Waals surface area (Å²) in [7, 11) is 0. The standard InChI is InChI=1S/C15H16N4OS/c1-8-7-9(2)18-15(12(8)14(17)21)19-11-5-3-10(4-6-11)13(16)20/h3-7H,1-2H3,(H2,16,20)(H2,17,21)(H,18,19). The lowest BCUT2D eigenvalue weighted by molar-refractivity contribution is 0.100. The van der Waals surface area contributed by atoms with Gasteiger partial charge in [-0.05, 0) is 49.7 Å². The maximum absolute atomic E-state index is 11.1. The van der Waals surface area contributed by atoms with E-state index in [1.54, 1.807) is 24.3 Å². The van der Waals surface area contributed by atoms with E-state index >= 15 is 0 Å². The Balaban J connectivity index is 2.39. The van der Waals surface area contributed by atoms with Crippen LogP contribution in [0.4, 0.5) is 11.5 Å². The molecule has 0 radical (unpaired) electrons. The van der Waals surface area contributed by atoms with Crippen molar-refractivity contribution in [3.05, 3.63) is 52.7 Å². The van der Waals surface area contributed by atoms with Crippen molar-refractivity contribution in [2.24, 2.45) is 11.5 Å². The Morgan fingerprint density at radius 2 is 1.81 bits per heavy atom. The number of benzene rings is 1. The van der Waals surface area contributed by atoms with Gasteiger partial charge in [0.05, 0.1) is 5.56 Å². The molecule has 1 aromatic carbocycles. The minimum Gasteiger partial charge on any atom is -0.389 e. The van der Waals surface area contributed by atoms with Crippen LogP contribution in [0.3, 0.4) is 0 Å². The molecule has 1 amide bonds. The number of hydrogen-bond acceptors (Lipinski definition) is 4. The smallest absolute Gasteiger partial charge is 0.248 e. The van der Waals surface area contributed by atoms with Crippen molar-refractivity contribution in [2.75, 3.05) is 5.32 Å². The van der Waals surface area contributed by atoms with E-state index < -0.39 is 5.91 Å². The van der Waals surface area contributed by atoms with E-state index in [4.69, 9.17) is 23.7 Å². The Kier molecular flexibility index (Phi) is 4.18. The van der Waals surface area contributed by atoms with Crippen LogP contribution in [0.1, 0.15) is 27.2 Å². The first kappa shape index (κ1) is 14.9. The van der Waals surface area contributed by atoms with E-state index in [1.165, 1.54) is 0 Å². The molecule has 0 fully saturated rings. The van der Waals surface area contributed by atoms with Crippen molar-refractivity contribution in [3.63, 3.8) is 0 Å².